The monoisotopic (exact) mass is 465 g/mol. The molecule has 168 valence electrons. The normalized spacial score (nSPS) is 21.1. The number of anilines is 3. The molecule has 0 aromatic heterocycles. The Balaban J connectivity index is 1.67. The summed E-state index contributed by atoms with van der Waals surface area (Å²) in [7, 11) is -5.44. The molecule has 0 radical (unpaired) electrons. The molecule has 4 rings (SSSR count). The van der Waals surface area contributed by atoms with E-state index in [2.05, 4.69) is 41.8 Å². The molecule has 32 heavy (non-hydrogen) atoms. The summed E-state index contributed by atoms with van der Waals surface area (Å²) in [5.41, 5.74) is 2.98. The van der Waals surface area contributed by atoms with Crippen LogP contribution in [0.2, 0.25) is 19.6 Å². The molecule has 1 unspecified atom stereocenters. The SMILES string of the molecule is C[Si](C)(C)O[P+]1([O-])N(c2ccccc2)C[C@H](CCNc2ccccc2)N1c1ccccc1. The van der Waals surface area contributed by atoms with Gasteiger partial charge in [0.05, 0.1) is 24.0 Å². The summed E-state index contributed by atoms with van der Waals surface area (Å²) in [5.74, 6) is 0. The van der Waals surface area contributed by atoms with E-state index < -0.39 is 16.3 Å². The van der Waals surface area contributed by atoms with Crippen LogP contribution in [0.25, 0.3) is 0 Å². The highest BCUT2D eigenvalue weighted by Gasteiger charge is 2.56. The zero-order valence-electron chi connectivity index (χ0n) is 19.0. The summed E-state index contributed by atoms with van der Waals surface area (Å²) in [6.45, 7) is 7.74. The predicted octanol–water partition coefficient (Wildman–Crippen LogP) is 5.77. The van der Waals surface area contributed by atoms with Gasteiger partial charge >= 0.3 is 0 Å². The summed E-state index contributed by atoms with van der Waals surface area (Å²) in [6.07, 6.45) is 0.839. The fraction of sp³-hybridized carbons (Fsp3) is 0.280. The second-order valence-corrected chi connectivity index (χ2v) is 15.9. The van der Waals surface area contributed by atoms with Crippen LogP contribution in [-0.2, 0) is 4.21 Å². The van der Waals surface area contributed by atoms with Crippen molar-refractivity contribution in [2.45, 2.75) is 32.1 Å². The van der Waals surface area contributed by atoms with Crippen LogP contribution in [0, 0.1) is 0 Å². The molecule has 1 heterocycles. The van der Waals surface area contributed by atoms with Gasteiger partial charge in [-0.3, -0.25) is 0 Å². The molecule has 0 spiro atoms. The Labute approximate surface area is 193 Å². The zero-order valence-corrected chi connectivity index (χ0v) is 20.9. The molecule has 5 nitrogen and oxygen atoms in total. The molecule has 7 heteroatoms. The van der Waals surface area contributed by atoms with Crippen molar-refractivity contribution in [1.29, 1.82) is 0 Å². The number of benzene rings is 3. The Bertz CT molecular complexity index is 988. The van der Waals surface area contributed by atoms with Crippen molar-refractivity contribution in [3.05, 3.63) is 91.0 Å². The molecule has 3 aromatic carbocycles. The minimum Gasteiger partial charge on any atom is -0.618 e. The van der Waals surface area contributed by atoms with E-state index in [0.717, 1.165) is 30.0 Å². The quantitative estimate of drug-likeness (QED) is 0.338. The fourth-order valence-corrected chi connectivity index (χ4v) is 9.77. The van der Waals surface area contributed by atoms with E-state index >= 15 is 0 Å². The maximum Gasteiger partial charge on any atom is 0.286 e. The van der Waals surface area contributed by atoms with Gasteiger partial charge in [0.15, 0.2) is 0 Å². The standard InChI is InChI=1S/C25H32N3O2PSi/c1-32(2,3)30-31(29)27(23-15-9-5-10-16-23)21-25(28(31)24-17-11-6-12-18-24)19-20-26-22-13-7-4-8-14-22/h4-18,25-26H,19-21H2,1-3H3/t25-,31?/m0/s1. The second-order valence-electron chi connectivity index (χ2n) is 9.03. The van der Waals surface area contributed by atoms with Crippen LogP contribution < -0.4 is 19.6 Å². The van der Waals surface area contributed by atoms with Crippen LogP contribution >= 0.6 is 8.02 Å². The highest BCUT2D eigenvalue weighted by atomic mass is 31.2. The van der Waals surface area contributed by atoms with E-state index in [1.165, 1.54) is 0 Å². The van der Waals surface area contributed by atoms with Gasteiger partial charge in [0.25, 0.3) is 8.02 Å². The van der Waals surface area contributed by atoms with E-state index in [-0.39, 0.29) is 6.04 Å². The smallest absolute Gasteiger partial charge is 0.286 e. The number of rotatable bonds is 8. The van der Waals surface area contributed by atoms with E-state index in [1.54, 1.807) is 0 Å². The lowest BCUT2D eigenvalue weighted by Gasteiger charge is -2.42. The number of nitrogens with one attached hydrogen (secondary N) is 1. The van der Waals surface area contributed by atoms with Crippen molar-refractivity contribution in [2.75, 3.05) is 27.7 Å². The van der Waals surface area contributed by atoms with E-state index in [1.807, 2.05) is 83.5 Å². The molecule has 1 aliphatic heterocycles. The maximum atomic E-state index is 14.8. The molecule has 0 saturated carbocycles. The minimum absolute atomic E-state index is 0.0519. The number of para-hydroxylation sites is 3. The average Bonchev–Trinajstić information content (AvgIpc) is 3.05. The second kappa shape index (κ2) is 9.63. The minimum atomic E-state index is -3.32. The third-order valence-corrected chi connectivity index (χ3v) is 10.6. The lowest BCUT2D eigenvalue weighted by molar-refractivity contribution is -0.186. The van der Waals surface area contributed by atoms with Gasteiger partial charge in [-0.1, -0.05) is 54.6 Å². The molecule has 1 aliphatic rings. The van der Waals surface area contributed by atoms with Crippen molar-refractivity contribution in [1.82, 2.24) is 0 Å². The Hall–Kier alpha value is -2.37. The molecule has 2 atom stereocenters. The number of hydrogen-bond donors (Lipinski definition) is 1. The Morgan fingerprint density at radius 1 is 0.875 bits per heavy atom. The molecular formula is C25H32N3O2PSi. The zero-order chi connectivity index (χ0) is 22.6. The largest absolute Gasteiger partial charge is 0.618 e. The molecule has 1 saturated heterocycles. The molecule has 1 fully saturated rings. The summed E-state index contributed by atoms with van der Waals surface area (Å²) in [5, 5.41) is 3.51. The summed E-state index contributed by atoms with van der Waals surface area (Å²) in [4.78, 5) is 14.8. The molecule has 0 bridgehead atoms. The lowest BCUT2D eigenvalue weighted by atomic mass is 10.1. The van der Waals surface area contributed by atoms with Gasteiger partial charge in [0.2, 0.25) is 8.32 Å². The maximum absolute atomic E-state index is 14.8. The van der Waals surface area contributed by atoms with Crippen LogP contribution in [0.3, 0.4) is 0 Å². The summed E-state index contributed by atoms with van der Waals surface area (Å²) < 4.78 is 10.6. The van der Waals surface area contributed by atoms with Gasteiger partial charge in [-0.25, -0.2) is 13.6 Å². The van der Waals surface area contributed by atoms with Crippen LogP contribution in [-0.4, -0.2) is 27.4 Å². The van der Waals surface area contributed by atoms with Gasteiger partial charge in [0, 0.05) is 12.2 Å². The molecule has 0 amide bonds. The van der Waals surface area contributed by atoms with Crippen molar-refractivity contribution >= 4 is 33.4 Å². The first-order valence-electron chi connectivity index (χ1n) is 11.1. The van der Waals surface area contributed by atoms with E-state index in [0.29, 0.717) is 6.54 Å². The number of hydrogen-bond acceptors (Lipinski definition) is 5. The molecule has 0 aliphatic carbocycles. The van der Waals surface area contributed by atoms with Crippen molar-refractivity contribution in [3.63, 3.8) is 0 Å². The summed E-state index contributed by atoms with van der Waals surface area (Å²) >= 11 is 0. The van der Waals surface area contributed by atoms with Crippen LogP contribution in [0.1, 0.15) is 6.42 Å². The Morgan fingerprint density at radius 3 is 1.97 bits per heavy atom. The first-order chi connectivity index (χ1) is 15.4. The Morgan fingerprint density at radius 2 is 1.41 bits per heavy atom. The van der Waals surface area contributed by atoms with Gasteiger partial charge in [-0.15, -0.1) is 0 Å². The van der Waals surface area contributed by atoms with Crippen LogP contribution in [0.5, 0.6) is 0 Å². The van der Waals surface area contributed by atoms with Crippen molar-refractivity contribution < 1.29 is 9.11 Å². The Kier molecular flexibility index (Phi) is 6.87. The summed E-state index contributed by atoms with van der Waals surface area (Å²) in [6, 6.07) is 30.3. The predicted molar refractivity (Wildman–Crippen MR) is 137 cm³/mol. The fourth-order valence-electron chi connectivity index (χ4n) is 4.09. The topological polar surface area (TPSA) is 50.8 Å². The van der Waals surface area contributed by atoms with Crippen molar-refractivity contribution in [2.24, 2.45) is 0 Å². The van der Waals surface area contributed by atoms with Crippen molar-refractivity contribution in [3.8, 4) is 0 Å². The number of nitrogens with zero attached hydrogens (tertiary/aromatic N) is 2. The highest BCUT2D eigenvalue weighted by Crippen LogP contribution is 2.67. The van der Waals surface area contributed by atoms with Gasteiger partial charge in [-0.05, 0) is 62.5 Å². The third kappa shape index (κ3) is 5.16. The molecule has 3 aromatic rings. The molecular weight excluding hydrogens is 433 g/mol. The molecule has 1 N–H and O–H groups in total. The van der Waals surface area contributed by atoms with Gasteiger partial charge in [0.1, 0.15) is 0 Å². The lowest BCUT2D eigenvalue weighted by Crippen LogP contribution is -2.43. The third-order valence-electron chi connectivity index (χ3n) is 5.36. The van der Waals surface area contributed by atoms with E-state index in [4.69, 9.17) is 4.21 Å². The average molecular weight is 466 g/mol. The first kappa shape index (κ1) is 22.8. The highest BCUT2D eigenvalue weighted by molar-refractivity contribution is 7.69. The van der Waals surface area contributed by atoms with Gasteiger partial charge in [-0.2, -0.15) is 0 Å². The van der Waals surface area contributed by atoms with E-state index in [9.17, 15) is 4.89 Å². The van der Waals surface area contributed by atoms with Crippen LogP contribution in [0.15, 0.2) is 91.0 Å². The first-order valence-corrected chi connectivity index (χ1v) is 16.1. The van der Waals surface area contributed by atoms with Gasteiger partial charge < -0.3 is 10.2 Å². The van der Waals surface area contributed by atoms with Crippen LogP contribution in [0.4, 0.5) is 17.1 Å².